The maximum absolute atomic E-state index is 13.4. The Kier molecular flexibility index (Phi) is 5.76. The van der Waals surface area contributed by atoms with Crippen LogP contribution in [0.1, 0.15) is 58.8 Å². The predicted octanol–water partition coefficient (Wildman–Crippen LogP) is 4.66. The molecule has 0 aromatic carbocycles. The van der Waals surface area contributed by atoms with Gasteiger partial charge in [-0.05, 0) is 0 Å². The number of hydrogen-bond donors (Lipinski definition) is 0. The summed E-state index contributed by atoms with van der Waals surface area (Å²) in [6.45, 7) is 5.59. The fourth-order valence-corrected chi connectivity index (χ4v) is 12.8. The van der Waals surface area contributed by atoms with Crippen LogP contribution >= 0.6 is 0 Å². The van der Waals surface area contributed by atoms with Crippen LogP contribution in [0.25, 0.3) is 0 Å². The third kappa shape index (κ3) is 3.70. The fourth-order valence-electron chi connectivity index (χ4n) is 6.51. The Morgan fingerprint density at radius 1 is 1.13 bits per heavy atom. The molecule has 6 heteroatoms. The average Bonchev–Trinajstić information content (AvgIpc) is 3.32. The summed E-state index contributed by atoms with van der Waals surface area (Å²) in [6, 6.07) is 0. The Labute approximate surface area is 185 Å². The molecule has 30 heavy (non-hydrogen) atoms. The number of methoxy groups -OCH3 is 1. The SMILES string of the molecule is COC(=O)[C@@]1(CC2=[C]([Sn]([CH3])([CH3])[CH3])CCC2)C(=O)C[C@H]2CC3(C[C@H]21)OCC(C)(C)CO3. The standard InChI is InChI=1S/C21H29O5.3CH3.Sn/c1-19(2)12-25-20(26-13-19)10-15-8-17(22)21(16(15)11-20,18(23)24-3)9-14-6-4-5-7-14;;;;/h15-16H,4-6,8-13H2,1-3H3;3*1H3;/t15-,16+,21+;;;;/m0..../s1. The van der Waals surface area contributed by atoms with Crippen molar-refractivity contribution < 1.29 is 23.8 Å². The molecule has 5 nitrogen and oxygen atoms in total. The van der Waals surface area contributed by atoms with Crippen molar-refractivity contribution in [1.29, 1.82) is 0 Å². The van der Waals surface area contributed by atoms with E-state index < -0.39 is 29.6 Å². The van der Waals surface area contributed by atoms with Crippen LogP contribution < -0.4 is 0 Å². The number of hydrogen-bond acceptors (Lipinski definition) is 5. The van der Waals surface area contributed by atoms with Crippen LogP contribution in [0.15, 0.2) is 9.16 Å². The van der Waals surface area contributed by atoms with E-state index in [-0.39, 0.29) is 29.0 Å². The quantitative estimate of drug-likeness (QED) is 0.304. The number of carbonyl (C=O) groups is 2. The molecule has 3 fully saturated rings. The molecule has 2 saturated carbocycles. The summed E-state index contributed by atoms with van der Waals surface area (Å²) in [7, 11) is 1.43. The predicted molar refractivity (Wildman–Crippen MR) is 118 cm³/mol. The summed E-state index contributed by atoms with van der Waals surface area (Å²) < 4.78 is 19.5. The van der Waals surface area contributed by atoms with E-state index in [1.54, 1.807) is 3.59 Å². The van der Waals surface area contributed by atoms with E-state index in [0.29, 0.717) is 38.9 Å². The van der Waals surface area contributed by atoms with E-state index in [1.165, 1.54) is 12.7 Å². The van der Waals surface area contributed by atoms with Crippen LogP contribution in [-0.4, -0.2) is 56.2 Å². The molecule has 0 unspecified atom stereocenters. The third-order valence-corrected chi connectivity index (χ3v) is 14.9. The van der Waals surface area contributed by atoms with Crippen molar-refractivity contribution in [1.82, 2.24) is 0 Å². The molecule has 1 spiro atoms. The van der Waals surface area contributed by atoms with Gasteiger partial charge in [-0.1, -0.05) is 0 Å². The summed E-state index contributed by atoms with van der Waals surface area (Å²) in [5, 5.41) is 0. The van der Waals surface area contributed by atoms with Crippen LogP contribution in [0.4, 0.5) is 0 Å². The molecule has 4 rings (SSSR count). The van der Waals surface area contributed by atoms with Gasteiger partial charge in [0.2, 0.25) is 0 Å². The Morgan fingerprint density at radius 3 is 2.40 bits per heavy atom. The van der Waals surface area contributed by atoms with Crippen molar-refractivity contribution >= 4 is 30.1 Å². The van der Waals surface area contributed by atoms with Gasteiger partial charge in [-0.2, -0.15) is 0 Å². The van der Waals surface area contributed by atoms with Crippen molar-refractivity contribution in [3.05, 3.63) is 9.16 Å². The number of Topliss-reactive ketones (excluding diaryl/α,β-unsaturated/α-hetero) is 1. The van der Waals surface area contributed by atoms with Gasteiger partial charge >= 0.3 is 185 Å². The second-order valence-corrected chi connectivity index (χ2v) is 26.4. The van der Waals surface area contributed by atoms with Gasteiger partial charge < -0.3 is 0 Å². The number of esters is 1. The van der Waals surface area contributed by atoms with E-state index in [9.17, 15) is 9.59 Å². The minimum atomic E-state index is -2.27. The first-order valence-corrected chi connectivity index (χ1v) is 21.5. The molecule has 0 radical (unpaired) electrons. The van der Waals surface area contributed by atoms with Gasteiger partial charge in [0.05, 0.1) is 0 Å². The Morgan fingerprint density at radius 2 is 1.80 bits per heavy atom. The molecular weight excluding hydrogens is 487 g/mol. The topological polar surface area (TPSA) is 61.8 Å². The summed E-state index contributed by atoms with van der Waals surface area (Å²) in [5.41, 5.74) is 0.344. The third-order valence-electron chi connectivity index (χ3n) is 7.98. The van der Waals surface area contributed by atoms with E-state index in [2.05, 4.69) is 28.7 Å². The zero-order valence-electron chi connectivity index (χ0n) is 19.6. The summed E-state index contributed by atoms with van der Waals surface area (Å²) in [4.78, 5) is 34.0. The number of carbonyl (C=O) groups excluding carboxylic acids is 2. The van der Waals surface area contributed by atoms with Crippen molar-refractivity contribution in [2.45, 2.75) is 79.4 Å². The summed E-state index contributed by atoms with van der Waals surface area (Å²) in [6.07, 6.45) is 5.67. The molecule has 4 aliphatic rings. The Balaban J connectivity index is 1.68. The summed E-state index contributed by atoms with van der Waals surface area (Å²) in [5.74, 6) is -0.806. The average molecular weight is 525 g/mol. The molecule has 0 aromatic heterocycles. The zero-order chi connectivity index (χ0) is 21.9. The monoisotopic (exact) mass is 526 g/mol. The van der Waals surface area contributed by atoms with Gasteiger partial charge in [0, 0.05) is 0 Å². The number of allylic oxidation sites excluding steroid dienone is 2. The maximum atomic E-state index is 13.4. The summed E-state index contributed by atoms with van der Waals surface area (Å²) >= 11 is -2.27. The van der Waals surface area contributed by atoms with Gasteiger partial charge in [-0.3, -0.25) is 0 Å². The minimum absolute atomic E-state index is 0.00146. The molecule has 0 bridgehead atoms. The number of ketones is 1. The molecule has 168 valence electrons. The molecule has 3 atom stereocenters. The van der Waals surface area contributed by atoms with Gasteiger partial charge in [-0.15, -0.1) is 0 Å². The second kappa shape index (κ2) is 7.58. The molecule has 0 amide bonds. The Bertz CT molecular complexity index is 757. The molecule has 1 heterocycles. The van der Waals surface area contributed by atoms with Crippen molar-refractivity contribution in [2.24, 2.45) is 22.7 Å². The van der Waals surface area contributed by atoms with E-state index in [4.69, 9.17) is 14.2 Å². The van der Waals surface area contributed by atoms with E-state index in [0.717, 1.165) is 19.3 Å². The number of rotatable bonds is 4. The first-order valence-electron chi connectivity index (χ1n) is 11.5. The first kappa shape index (κ1) is 22.8. The van der Waals surface area contributed by atoms with Crippen LogP contribution in [0.2, 0.25) is 14.8 Å². The van der Waals surface area contributed by atoms with Gasteiger partial charge in [0.25, 0.3) is 0 Å². The normalized spacial score (nSPS) is 35.2. The number of fused-ring (bicyclic) bond motifs is 1. The fraction of sp³-hybridized carbons (Fsp3) is 0.833. The zero-order valence-corrected chi connectivity index (χ0v) is 22.4. The number of ether oxygens (including phenoxy) is 3. The molecule has 0 N–H and O–H groups in total. The van der Waals surface area contributed by atoms with E-state index in [1.807, 2.05) is 0 Å². The van der Waals surface area contributed by atoms with Gasteiger partial charge in [0.1, 0.15) is 0 Å². The first-order chi connectivity index (χ1) is 13.9. The van der Waals surface area contributed by atoms with Gasteiger partial charge in [-0.25, -0.2) is 0 Å². The molecule has 0 aromatic rings. The van der Waals surface area contributed by atoms with Crippen molar-refractivity contribution in [3.8, 4) is 0 Å². The van der Waals surface area contributed by atoms with Crippen LogP contribution in [0.3, 0.4) is 0 Å². The van der Waals surface area contributed by atoms with Gasteiger partial charge in [0.15, 0.2) is 0 Å². The van der Waals surface area contributed by atoms with Crippen LogP contribution in [0, 0.1) is 22.7 Å². The van der Waals surface area contributed by atoms with Crippen LogP contribution in [-0.2, 0) is 23.8 Å². The van der Waals surface area contributed by atoms with Crippen molar-refractivity contribution in [3.63, 3.8) is 0 Å². The Hall–Kier alpha value is -0.401. The molecule has 1 saturated heterocycles. The van der Waals surface area contributed by atoms with Crippen LogP contribution in [0.5, 0.6) is 0 Å². The van der Waals surface area contributed by atoms with Crippen molar-refractivity contribution in [2.75, 3.05) is 20.3 Å². The molecular formula is C24H38O5Sn. The second-order valence-electron chi connectivity index (χ2n) is 11.9. The van der Waals surface area contributed by atoms with E-state index >= 15 is 0 Å². The molecule has 1 aliphatic heterocycles. The molecule has 3 aliphatic carbocycles.